The second kappa shape index (κ2) is 9.30. The molecule has 0 amide bonds. The summed E-state index contributed by atoms with van der Waals surface area (Å²) in [5.74, 6) is 0. The van der Waals surface area contributed by atoms with Crippen LogP contribution >= 0.6 is 0 Å². The molecule has 4 heteroatoms. The van der Waals surface area contributed by atoms with E-state index >= 15 is 0 Å². The van der Waals surface area contributed by atoms with Crippen molar-refractivity contribution in [2.75, 3.05) is 0 Å². The Hall–Kier alpha value is 0.334. The fourth-order valence-corrected chi connectivity index (χ4v) is 4.20. The average Bonchev–Trinajstić information content (AvgIpc) is 2.74. The molecule has 2 aromatic carbocycles. The van der Waals surface area contributed by atoms with E-state index in [-0.39, 0.29) is 70.1 Å². The molecule has 0 fully saturated rings. The Bertz CT molecular complexity index is 526. The van der Waals surface area contributed by atoms with Crippen molar-refractivity contribution in [3.8, 4) is 0 Å². The zero-order valence-corrected chi connectivity index (χ0v) is 16.4. The first-order valence-corrected chi connectivity index (χ1v) is 7.20. The van der Waals surface area contributed by atoms with E-state index in [1.807, 2.05) is 0 Å². The van der Waals surface area contributed by atoms with Crippen molar-refractivity contribution in [1.82, 2.24) is 0 Å². The van der Waals surface area contributed by atoms with Crippen LogP contribution in [0.1, 0.15) is 15.3 Å². The molecule has 0 saturated carbocycles. The van der Waals surface area contributed by atoms with E-state index in [1.54, 1.807) is 0 Å². The fourth-order valence-electron chi connectivity index (χ4n) is 2.09. The molecule has 1 atom stereocenters. The normalized spacial score (nSPS) is 14.2. The van der Waals surface area contributed by atoms with Crippen molar-refractivity contribution < 1.29 is 70.1 Å². The van der Waals surface area contributed by atoms with Gasteiger partial charge < -0.3 is 50.9 Å². The number of halogens is 3. The molecule has 0 spiro atoms. The number of allylic oxidation sites excluding steroid dienone is 1. The van der Waals surface area contributed by atoms with Crippen molar-refractivity contribution in [1.29, 1.82) is 0 Å². The van der Waals surface area contributed by atoms with Gasteiger partial charge in [0.25, 0.3) is 0 Å². The minimum absolute atomic E-state index is 0. The third-order valence-electron chi connectivity index (χ3n) is 2.90. The van der Waals surface area contributed by atoms with Crippen molar-refractivity contribution >= 4 is 9.94 Å². The van der Waals surface area contributed by atoms with Crippen LogP contribution in [-0.4, -0.2) is 0 Å². The molecule has 19 heavy (non-hydrogen) atoms. The first-order chi connectivity index (χ1) is 7.93. The summed E-state index contributed by atoms with van der Waals surface area (Å²) in [6.45, 7) is 0. The molecule has 0 aliphatic heterocycles. The second-order valence-electron chi connectivity index (χ2n) is 3.98. The summed E-state index contributed by atoms with van der Waals surface area (Å²) in [4.78, 5) is 0. The van der Waals surface area contributed by atoms with E-state index in [2.05, 4.69) is 66.7 Å². The van der Waals surface area contributed by atoms with Crippen LogP contribution < -0.4 is 54.8 Å². The first kappa shape index (κ1) is 19.3. The van der Waals surface area contributed by atoms with Crippen molar-refractivity contribution in [3.63, 3.8) is 0 Å². The zero-order chi connectivity index (χ0) is 10.8. The van der Waals surface area contributed by atoms with Crippen LogP contribution in [0.5, 0.6) is 0 Å². The zero-order valence-electron chi connectivity index (χ0n) is 10.1. The number of benzene rings is 2. The van der Waals surface area contributed by atoms with Crippen LogP contribution in [0.2, 0.25) is 0 Å². The Morgan fingerprint density at radius 1 is 0.737 bits per heavy atom. The Morgan fingerprint density at radius 3 is 2.11 bits per heavy atom. The fraction of sp³-hybridized carbons (Fsp3) is 0.0667. The van der Waals surface area contributed by atoms with Crippen LogP contribution in [0.15, 0.2) is 60.7 Å². The molecule has 0 bridgehead atoms. The van der Waals surface area contributed by atoms with Crippen LogP contribution in [-0.2, 0) is 19.2 Å². The maximum Gasteiger partial charge on any atom is -1.00 e. The van der Waals surface area contributed by atoms with Crippen LogP contribution in [0.25, 0.3) is 6.08 Å². The smallest absolute Gasteiger partial charge is 1.00 e. The van der Waals surface area contributed by atoms with E-state index in [0.717, 1.165) is 0 Å². The Labute approximate surface area is 154 Å². The number of hydrogen-bond acceptors (Lipinski definition) is 0. The Morgan fingerprint density at radius 2 is 1.37 bits per heavy atom. The molecule has 0 aromatic heterocycles. The van der Waals surface area contributed by atoms with Crippen molar-refractivity contribution in [2.24, 2.45) is 0 Å². The number of rotatable bonds is 2. The quantitative estimate of drug-likeness (QED) is 0.377. The predicted molar refractivity (Wildman–Crippen MR) is 64.3 cm³/mol. The summed E-state index contributed by atoms with van der Waals surface area (Å²) in [6, 6.07) is 19.6. The van der Waals surface area contributed by atoms with Gasteiger partial charge in [-0.3, -0.25) is 0 Å². The molecule has 1 aliphatic rings. The van der Waals surface area contributed by atoms with E-state index in [4.69, 9.17) is 0 Å². The molecule has 0 radical (unpaired) electrons. The maximum atomic E-state index is 2.37. The minimum Gasteiger partial charge on any atom is -1.00 e. The van der Waals surface area contributed by atoms with Gasteiger partial charge in [-0.1, -0.05) is 0 Å². The van der Waals surface area contributed by atoms with Gasteiger partial charge in [0.1, 0.15) is 0 Å². The molecule has 0 N–H and O–H groups in total. The largest absolute Gasteiger partial charge is 1.00 e. The molecule has 97 valence electrons. The van der Waals surface area contributed by atoms with Gasteiger partial charge in [0.2, 0.25) is 0 Å². The molecule has 3 rings (SSSR count). The second-order valence-corrected chi connectivity index (χ2v) is 6.30. The van der Waals surface area contributed by atoms with Gasteiger partial charge >= 0.3 is 105 Å². The summed E-state index contributed by atoms with van der Waals surface area (Å²) >= 11 is -0.0969. The molecule has 1 unspecified atom stereocenters. The standard InChI is InChI=1S/C9H7.C6H5.3BrH.Ti/c1-2-5-9-7-3-6-8(9)4-1;1-2-4-6-5-3-1;;;;/h1-7H;1-5H;3*1H;/q;;;;;+3/p-3. The van der Waals surface area contributed by atoms with Crippen molar-refractivity contribution in [3.05, 3.63) is 71.8 Å². The number of hydrogen-bond donors (Lipinski definition) is 0. The van der Waals surface area contributed by atoms with Gasteiger partial charge in [-0.15, -0.1) is 0 Å². The third kappa shape index (κ3) is 4.68. The van der Waals surface area contributed by atoms with Crippen LogP contribution in [0, 0.1) is 0 Å². The predicted octanol–water partition coefficient (Wildman–Crippen LogP) is -5.83. The Balaban J connectivity index is 0.00000108. The molecular weight excluding hydrogens is 468 g/mol. The Kier molecular flexibility index (Phi) is 9.47. The summed E-state index contributed by atoms with van der Waals surface area (Å²) in [5.41, 5.74) is 2.93. The van der Waals surface area contributed by atoms with Gasteiger partial charge in [-0.2, -0.15) is 0 Å². The monoisotopic (exact) mass is 477 g/mol. The van der Waals surface area contributed by atoms with E-state index in [9.17, 15) is 0 Å². The SMILES string of the molecule is C1=C[CH]([Ti+3][c]2ccccc2)c2ccccc21.[Br-].[Br-].[Br-]. The molecule has 0 heterocycles. The average molecular weight is 480 g/mol. The maximum absolute atomic E-state index is 2.37. The summed E-state index contributed by atoms with van der Waals surface area (Å²) in [7, 11) is 0. The topological polar surface area (TPSA) is 0 Å². The number of fused-ring (bicyclic) bond motifs is 1. The summed E-state index contributed by atoms with van der Waals surface area (Å²) in [6.07, 6.45) is 4.64. The molecule has 1 aliphatic carbocycles. The van der Waals surface area contributed by atoms with Crippen LogP contribution in [0.4, 0.5) is 0 Å². The molecular formula is C15H12Br3Ti. The van der Waals surface area contributed by atoms with Gasteiger partial charge in [0.05, 0.1) is 0 Å². The van der Waals surface area contributed by atoms with Gasteiger partial charge in [-0.05, 0) is 0 Å². The van der Waals surface area contributed by atoms with Crippen molar-refractivity contribution in [2.45, 2.75) is 4.22 Å². The minimum atomic E-state index is -0.0969. The van der Waals surface area contributed by atoms with Crippen LogP contribution in [0.3, 0.4) is 0 Å². The van der Waals surface area contributed by atoms with Gasteiger partial charge in [0, 0.05) is 0 Å². The first-order valence-electron chi connectivity index (χ1n) is 5.52. The van der Waals surface area contributed by atoms with E-state index < -0.39 is 0 Å². The molecule has 2 aromatic rings. The van der Waals surface area contributed by atoms with Gasteiger partial charge in [0.15, 0.2) is 0 Å². The molecule has 0 saturated heterocycles. The summed E-state index contributed by atoms with van der Waals surface area (Å²) in [5, 5.41) is 0. The van der Waals surface area contributed by atoms with E-state index in [1.165, 1.54) is 15.0 Å². The van der Waals surface area contributed by atoms with E-state index in [0.29, 0.717) is 4.22 Å². The summed E-state index contributed by atoms with van der Waals surface area (Å²) < 4.78 is 2.22. The molecule has 0 nitrogen and oxygen atoms in total. The third-order valence-corrected chi connectivity index (χ3v) is 5.21. The van der Waals surface area contributed by atoms with Gasteiger partial charge in [-0.25, -0.2) is 0 Å².